The standard InChI is InChI=1S/C8H14BrN3O/c1-2-4-13-5-3-12-7-8(6-9)10-11-12/h7H,2-6H2,1H3. The Labute approximate surface area is 86.4 Å². The van der Waals surface area contributed by atoms with Crippen molar-refractivity contribution in [1.29, 1.82) is 0 Å². The molecule has 74 valence electrons. The zero-order valence-electron chi connectivity index (χ0n) is 7.74. The molecule has 1 aromatic rings. The first-order valence-electron chi connectivity index (χ1n) is 4.39. The van der Waals surface area contributed by atoms with Crippen molar-refractivity contribution in [2.24, 2.45) is 0 Å². The molecule has 0 radical (unpaired) electrons. The van der Waals surface area contributed by atoms with Gasteiger partial charge in [0.15, 0.2) is 0 Å². The molecular formula is C8H14BrN3O. The number of ether oxygens (including phenoxy) is 1. The molecule has 0 N–H and O–H groups in total. The maximum Gasteiger partial charge on any atom is 0.0932 e. The second-order valence-electron chi connectivity index (χ2n) is 2.72. The molecule has 0 aliphatic rings. The second kappa shape index (κ2) is 6.10. The van der Waals surface area contributed by atoms with Crippen LogP contribution in [-0.2, 0) is 16.6 Å². The Kier molecular flexibility index (Phi) is 5.00. The number of nitrogens with zero attached hydrogens (tertiary/aromatic N) is 3. The molecule has 0 saturated carbocycles. The van der Waals surface area contributed by atoms with Crippen LogP contribution >= 0.6 is 15.9 Å². The zero-order valence-corrected chi connectivity index (χ0v) is 9.33. The van der Waals surface area contributed by atoms with E-state index in [2.05, 4.69) is 33.2 Å². The van der Waals surface area contributed by atoms with E-state index in [1.807, 2.05) is 6.20 Å². The minimum Gasteiger partial charge on any atom is -0.380 e. The third-order valence-corrected chi connectivity index (χ3v) is 2.11. The van der Waals surface area contributed by atoms with Crippen molar-refractivity contribution in [3.63, 3.8) is 0 Å². The van der Waals surface area contributed by atoms with Gasteiger partial charge in [-0.3, -0.25) is 0 Å². The van der Waals surface area contributed by atoms with E-state index in [0.29, 0.717) is 6.61 Å². The Balaban J connectivity index is 2.20. The Morgan fingerprint density at radius 3 is 3.00 bits per heavy atom. The van der Waals surface area contributed by atoms with E-state index < -0.39 is 0 Å². The fraction of sp³-hybridized carbons (Fsp3) is 0.750. The Morgan fingerprint density at radius 2 is 2.38 bits per heavy atom. The molecule has 0 atom stereocenters. The van der Waals surface area contributed by atoms with Crippen molar-refractivity contribution >= 4 is 15.9 Å². The lowest BCUT2D eigenvalue weighted by Crippen LogP contribution is -2.06. The molecule has 0 unspecified atom stereocenters. The molecule has 4 nitrogen and oxygen atoms in total. The maximum absolute atomic E-state index is 5.33. The highest BCUT2D eigenvalue weighted by molar-refractivity contribution is 9.08. The molecule has 1 rings (SSSR count). The third-order valence-electron chi connectivity index (χ3n) is 1.54. The number of aromatic nitrogens is 3. The van der Waals surface area contributed by atoms with E-state index in [0.717, 1.165) is 30.6 Å². The van der Waals surface area contributed by atoms with Crippen LogP contribution in [0.2, 0.25) is 0 Å². The van der Waals surface area contributed by atoms with Crippen molar-refractivity contribution in [2.45, 2.75) is 25.2 Å². The number of hydrogen-bond acceptors (Lipinski definition) is 3. The topological polar surface area (TPSA) is 39.9 Å². The van der Waals surface area contributed by atoms with Gasteiger partial charge in [-0.05, 0) is 6.42 Å². The summed E-state index contributed by atoms with van der Waals surface area (Å²) in [7, 11) is 0. The molecule has 1 heterocycles. The summed E-state index contributed by atoms with van der Waals surface area (Å²) in [6.07, 6.45) is 2.98. The van der Waals surface area contributed by atoms with E-state index in [-0.39, 0.29) is 0 Å². The highest BCUT2D eigenvalue weighted by atomic mass is 79.9. The second-order valence-corrected chi connectivity index (χ2v) is 3.28. The lowest BCUT2D eigenvalue weighted by atomic mass is 10.5. The maximum atomic E-state index is 5.33. The lowest BCUT2D eigenvalue weighted by Gasteiger charge is -2.00. The fourth-order valence-electron chi connectivity index (χ4n) is 0.914. The SMILES string of the molecule is CCCOCCn1cc(CBr)nn1. The lowest BCUT2D eigenvalue weighted by molar-refractivity contribution is 0.124. The molecule has 0 amide bonds. The average Bonchev–Trinajstić information content (AvgIpc) is 2.60. The van der Waals surface area contributed by atoms with Crippen LogP contribution in [0.25, 0.3) is 0 Å². The predicted octanol–water partition coefficient (Wildman–Crippen LogP) is 1.60. The van der Waals surface area contributed by atoms with Crippen molar-refractivity contribution in [1.82, 2.24) is 15.0 Å². The minimum absolute atomic E-state index is 0.707. The largest absolute Gasteiger partial charge is 0.380 e. The summed E-state index contributed by atoms with van der Waals surface area (Å²) in [6, 6.07) is 0. The van der Waals surface area contributed by atoms with Gasteiger partial charge in [-0.25, -0.2) is 4.68 Å². The van der Waals surface area contributed by atoms with Gasteiger partial charge in [0.25, 0.3) is 0 Å². The van der Waals surface area contributed by atoms with Gasteiger partial charge in [0, 0.05) is 18.1 Å². The quantitative estimate of drug-likeness (QED) is 0.567. The van der Waals surface area contributed by atoms with Gasteiger partial charge in [-0.2, -0.15) is 0 Å². The number of alkyl halides is 1. The van der Waals surface area contributed by atoms with Crippen LogP contribution < -0.4 is 0 Å². The van der Waals surface area contributed by atoms with Crippen molar-refractivity contribution in [3.05, 3.63) is 11.9 Å². The monoisotopic (exact) mass is 247 g/mol. The fourth-order valence-corrected chi connectivity index (χ4v) is 1.17. The summed E-state index contributed by atoms with van der Waals surface area (Å²) in [6.45, 7) is 4.40. The molecule has 0 aliphatic heterocycles. The van der Waals surface area contributed by atoms with Crippen LogP contribution in [-0.4, -0.2) is 28.2 Å². The molecule has 0 fully saturated rings. The summed E-state index contributed by atoms with van der Waals surface area (Å²) in [5.41, 5.74) is 0.954. The van der Waals surface area contributed by atoms with Gasteiger partial charge in [-0.1, -0.05) is 28.1 Å². The van der Waals surface area contributed by atoms with E-state index in [1.165, 1.54) is 0 Å². The van der Waals surface area contributed by atoms with Crippen LogP contribution in [0.4, 0.5) is 0 Å². The Morgan fingerprint density at radius 1 is 1.54 bits per heavy atom. The normalized spacial score (nSPS) is 10.6. The van der Waals surface area contributed by atoms with Gasteiger partial charge in [0.2, 0.25) is 0 Å². The van der Waals surface area contributed by atoms with Gasteiger partial charge < -0.3 is 4.74 Å². The summed E-state index contributed by atoms with van der Waals surface area (Å²) in [5, 5.41) is 8.64. The number of halogens is 1. The van der Waals surface area contributed by atoms with Crippen LogP contribution in [0.1, 0.15) is 19.0 Å². The molecule has 13 heavy (non-hydrogen) atoms. The van der Waals surface area contributed by atoms with Crippen molar-refractivity contribution < 1.29 is 4.74 Å². The molecule has 0 aliphatic carbocycles. The van der Waals surface area contributed by atoms with Gasteiger partial charge in [0.05, 0.1) is 18.8 Å². The Hall–Kier alpha value is -0.420. The van der Waals surface area contributed by atoms with Crippen LogP contribution in [0, 0.1) is 0 Å². The smallest absolute Gasteiger partial charge is 0.0932 e. The summed E-state index contributed by atoms with van der Waals surface area (Å²) < 4.78 is 7.13. The van der Waals surface area contributed by atoms with E-state index in [4.69, 9.17) is 4.74 Å². The third kappa shape index (κ3) is 3.87. The molecular weight excluding hydrogens is 234 g/mol. The first kappa shape index (κ1) is 10.7. The van der Waals surface area contributed by atoms with Gasteiger partial charge in [0.1, 0.15) is 0 Å². The van der Waals surface area contributed by atoms with Gasteiger partial charge in [-0.15, -0.1) is 5.10 Å². The minimum atomic E-state index is 0.707. The molecule has 5 heteroatoms. The first-order valence-corrected chi connectivity index (χ1v) is 5.51. The van der Waals surface area contributed by atoms with Crippen molar-refractivity contribution in [3.8, 4) is 0 Å². The Bertz CT molecular complexity index is 239. The van der Waals surface area contributed by atoms with E-state index >= 15 is 0 Å². The highest BCUT2D eigenvalue weighted by Gasteiger charge is 1.97. The van der Waals surface area contributed by atoms with Crippen LogP contribution in [0.15, 0.2) is 6.20 Å². The summed E-state index contributed by atoms with van der Waals surface area (Å²) in [5.74, 6) is 0. The molecule has 0 saturated heterocycles. The summed E-state index contributed by atoms with van der Waals surface area (Å²) >= 11 is 3.32. The van der Waals surface area contributed by atoms with Crippen LogP contribution in [0.3, 0.4) is 0 Å². The predicted molar refractivity (Wildman–Crippen MR) is 53.8 cm³/mol. The highest BCUT2D eigenvalue weighted by Crippen LogP contribution is 1.99. The zero-order chi connectivity index (χ0) is 9.52. The van der Waals surface area contributed by atoms with E-state index in [1.54, 1.807) is 4.68 Å². The molecule has 0 bridgehead atoms. The molecule has 0 spiro atoms. The number of rotatable bonds is 6. The van der Waals surface area contributed by atoms with E-state index in [9.17, 15) is 0 Å². The first-order chi connectivity index (χ1) is 6.36. The van der Waals surface area contributed by atoms with Crippen LogP contribution in [0.5, 0.6) is 0 Å². The average molecular weight is 248 g/mol. The van der Waals surface area contributed by atoms with Gasteiger partial charge >= 0.3 is 0 Å². The van der Waals surface area contributed by atoms with Crippen molar-refractivity contribution in [2.75, 3.05) is 13.2 Å². The summed E-state index contributed by atoms with van der Waals surface area (Å²) in [4.78, 5) is 0. The molecule has 0 aromatic carbocycles. The molecule has 1 aromatic heterocycles. The number of hydrogen-bond donors (Lipinski definition) is 0.